The van der Waals surface area contributed by atoms with E-state index in [1.54, 1.807) is 0 Å². The first kappa shape index (κ1) is 8.27. The van der Waals surface area contributed by atoms with E-state index in [4.69, 9.17) is 5.11 Å². The standard InChI is InChI=1S/C10H10BrO/c11-10-4-3-8(7-1-2-7)5-9(10)6-12/h3-7,12H,1-2H2. The van der Waals surface area contributed by atoms with Gasteiger partial charge in [0.05, 0.1) is 0 Å². The molecule has 1 N–H and O–H groups in total. The predicted molar refractivity (Wildman–Crippen MR) is 51.5 cm³/mol. The van der Waals surface area contributed by atoms with Gasteiger partial charge in [-0.25, -0.2) is 0 Å². The van der Waals surface area contributed by atoms with Crippen LogP contribution in [0.4, 0.5) is 0 Å². The second-order valence-corrected chi connectivity index (χ2v) is 4.04. The summed E-state index contributed by atoms with van der Waals surface area (Å²) < 4.78 is 0.953. The van der Waals surface area contributed by atoms with Crippen LogP contribution in [0.5, 0.6) is 0 Å². The minimum absolute atomic E-state index is 0.747. The summed E-state index contributed by atoms with van der Waals surface area (Å²) in [4.78, 5) is 0. The summed E-state index contributed by atoms with van der Waals surface area (Å²) in [5.41, 5.74) is 2.22. The van der Waals surface area contributed by atoms with Crippen molar-refractivity contribution in [3.05, 3.63) is 40.4 Å². The number of halogens is 1. The van der Waals surface area contributed by atoms with E-state index in [0.717, 1.165) is 22.6 Å². The lowest BCUT2D eigenvalue weighted by atomic mass is 10.1. The van der Waals surface area contributed by atoms with Gasteiger partial charge in [0.25, 0.3) is 0 Å². The molecule has 1 fully saturated rings. The van der Waals surface area contributed by atoms with Gasteiger partial charge in [-0.2, -0.15) is 0 Å². The molecule has 0 aromatic heterocycles. The Morgan fingerprint density at radius 3 is 2.75 bits per heavy atom. The Morgan fingerprint density at radius 1 is 1.42 bits per heavy atom. The Labute approximate surface area is 80.5 Å². The van der Waals surface area contributed by atoms with E-state index >= 15 is 0 Å². The zero-order valence-electron chi connectivity index (χ0n) is 6.63. The molecule has 0 saturated heterocycles. The summed E-state index contributed by atoms with van der Waals surface area (Å²) in [6.45, 7) is 1.15. The molecule has 0 aliphatic heterocycles. The molecular weight excluding hydrogens is 216 g/mol. The Balaban J connectivity index is 2.33. The average Bonchev–Trinajstić information content (AvgIpc) is 2.88. The van der Waals surface area contributed by atoms with E-state index in [9.17, 15) is 0 Å². The third kappa shape index (κ3) is 1.54. The molecule has 1 aromatic rings. The second-order valence-electron chi connectivity index (χ2n) is 3.18. The summed E-state index contributed by atoms with van der Waals surface area (Å²) in [6.07, 6.45) is 2.60. The Hall–Kier alpha value is -0.340. The number of aliphatic hydroxyl groups excluding tert-OH is 1. The first-order chi connectivity index (χ1) is 5.81. The molecule has 0 heterocycles. The van der Waals surface area contributed by atoms with Crippen molar-refractivity contribution in [2.45, 2.75) is 18.8 Å². The van der Waals surface area contributed by atoms with Gasteiger partial charge in [0.2, 0.25) is 0 Å². The smallest absolute Gasteiger partial charge is 0.110 e. The third-order valence-electron chi connectivity index (χ3n) is 2.21. The number of aliphatic hydroxyl groups is 1. The van der Waals surface area contributed by atoms with E-state index in [1.807, 2.05) is 12.1 Å². The monoisotopic (exact) mass is 225 g/mol. The van der Waals surface area contributed by atoms with Gasteiger partial charge in [-0.3, -0.25) is 0 Å². The predicted octanol–water partition coefficient (Wildman–Crippen LogP) is 3.21. The zero-order valence-corrected chi connectivity index (χ0v) is 8.21. The molecule has 0 spiro atoms. The maximum atomic E-state index is 8.89. The molecular formula is C10H10BrO. The number of benzene rings is 1. The molecule has 2 rings (SSSR count). The molecule has 1 aromatic carbocycles. The van der Waals surface area contributed by atoms with Gasteiger partial charge in [0, 0.05) is 4.47 Å². The molecule has 12 heavy (non-hydrogen) atoms. The fourth-order valence-corrected chi connectivity index (χ4v) is 1.68. The lowest BCUT2D eigenvalue weighted by Crippen LogP contribution is -1.86. The highest BCUT2D eigenvalue weighted by Crippen LogP contribution is 2.41. The summed E-state index contributed by atoms with van der Waals surface area (Å²) in [5.74, 6) is 0.747. The van der Waals surface area contributed by atoms with Crippen LogP contribution in [0.25, 0.3) is 0 Å². The van der Waals surface area contributed by atoms with Gasteiger partial charge in [0.15, 0.2) is 0 Å². The van der Waals surface area contributed by atoms with Gasteiger partial charge in [0.1, 0.15) is 6.61 Å². The minimum atomic E-state index is 0.747. The zero-order chi connectivity index (χ0) is 8.55. The van der Waals surface area contributed by atoms with Crippen molar-refractivity contribution in [2.24, 2.45) is 0 Å². The van der Waals surface area contributed by atoms with Crippen molar-refractivity contribution < 1.29 is 5.11 Å². The molecule has 0 atom stereocenters. The van der Waals surface area contributed by atoms with Crippen LogP contribution in [0.2, 0.25) is 0 Å². The SMILES string of the molecule is O[CH]c1cc(C2CC2)ccc1Br. The number of hydrogen-bond acceptors (Lipinski definition) is 1. The van der Waals surface area contributed by atoms with Crippen LogP contribution in [-0.4, -0.2) is 5.11 Å². The van der Waals surface area contributed by atoms with E-state index in [2.05, 4.69) is 22.0 Å². The molecule has 1 radical (unpaired) electrons. The molecule has 0 unspecified atom stereocenters. The molecule has 1 aliphatic rings. The lowest BCUT2D eigenvalue weighted by molar-refractivity contribution is 0.414. The van der Waals surface area contributed by atoms with E-state index in [1.165, 1.54) is 18.4 Å². The highest BCUT2D eigenvalue weighted by molar-refractivity contribution is 9.10. The summed E-state index contributed by atoms with van der Waals surface area (Å²) in [6, 6.07) is 6.16. The van der Waals surface area contributed by atoms with Crippen LogP contribution in [0.15, 0.2) is 22.7 Å². The highest BCUT2D eigenvalue weighted by Gasteiger charge is 2.23. The van der Waals surface area contributed by atoms with Crippen LogP contribution in [0.1, 0.15) is 29.9 Å². The van der Waals surface area contributed by atoms with Crippen molar-refractivity contribution in [3.8, 4) is 0 Å². The van der Waals surface area contributed by atoms with Gasteiger partial charge in [-0.05, 0) is 36.0 Å². The molecule has 1 aliphatic carbocycles. The van der Waals surface area contributed by atoms with E-state index < -0.39 is 0 Å². The number of rotatable bonds is 2. The van der Waals surface area contributed by atoms with Gasteiger partial charge >= 0.3 is 0 Å². The highest BCUT2D eigenvalue weighted by atomic mass is 79.9. The Bertz CT molecular complexity index is 292. The van der Waals surface area contributed by atoms with Crippen molar-refractivity contribution in [1.82, 2.24) is 0 Å². The molecule has 0 amide bonds. The molecule has 2 heteroatoms. The lowest BCUT2D eigenvalue weighted by Gasteiger charge is -2.03. The summed E-state index contributed by atoms with van der Waals surface area (Å²) in [5, 5.41) is 8.89. The normalized spacial score (nSPS) is 16.5. The summed E-state index contributed by atoms with van der Waals surface area (Å²) >= 11 is 3.37. The molecule has 63 valence electrons. The largest absolute Gasteiger partial charge is 0.385 e. The van der Waals surface area contributed by atoms with Gasteiger partial charge < -0.3 is 5.11 Å². The van der Waals surface area contributed by atoms with Crippen molar-refractivity contribution in [1.29, 1.82) is 0 Å². The Morgan fingerprint density at radius 2 is 2.17 bits per heavy atom. The molecule has 1 saturated carbocycles. The fourth-order valence-electron chi connectivity index (χ4n) is 1.33. The van der Waals surface area contributed by atoms with Gasteiger partial charge in [-0.1, -0.05) is 28.1 Å². The van der Waals surface area contributed by atoms with Crippen molar-refractivity contribution >= 4 is 15.9 Å². The van der Waals surface area contributed by atoms with E-state index in [0.29, 0.717) is 0 Å². The fraction of sp³-hybridized carbons (Fsp3) is 0.300. The van der Waals surface area contributed by atoms with Crippen molar-refractivity contribution in [2.75, 3.05) is 0 Å². The van der Waals surface area contributed by atoms with E-state index in [-0.39, 0.29) is 0 Å². The topological polar surface area (TPSA) is 20.2 Å². The van der Waals surface area contributed by atoms with Crippen LogP contribution in [0.3, 0.4) is 0 Å². The molecule has 0 bridgehead atoms. The quantitative estimate of drug-likeness (QED) is 0.820. The third-order valence-corrected chi connectivity index (χ3v) is 2.93. The van der Waals surface area contributed by atoms with Crippen LogP contribution in [0, 0.1) is 6.61 Å². The first-order valence-electron chi connectivity index (χ1n) is 4.08. The first-order valence-corrected chi connectivity index (χ1v) is 4.87. The van der Waals surface area contributed by atoms with Crippen molar-refractivity contribution in [3.63, 3.8) is 0 Å². The van der Waals surface area contributed by atoms with Crippen LogP contribution >= 0.6 is 15.9 Å². The maximum absolute atomic E-state index is 8.89. The maximum Gasteiger partial charge on any atom is 0.110 e. The van der Waals surface area contributed by atoms with Crippen LogP contribution in [-0.2, 0) is 0 Å². The Kier molecular flexibility index (Phi) is 2.20. The van der Waals surface area contributed by atoms with Gasteiger partial charge in [-0.15, -0.1) is 0 Å². The average molecular weight is 226 g/mol. The number of hydrogen-bond donors (Lipinski definition) is 1. The second kappa shape index (κ2) is 3.19. The summed E-state index contributed by atoms with van der Waals surface area (Å²) in [7, 11) is 0. The molecule has 1 nitrogen and oxygen atoms in total. The minimum Gasteiger partial charge on any atom is -0.385 e. The van der Waals surface area contributed by atoms with Crippen LogP contribution < -0.4 is 0 Å².